The summed E-state index contributed by atoms with van der Waals surface area (Å²) in [4.78, 5) is 7.80. The second kappa shape index (κ2) is 4.83. The van der Waals surface area contributed by atoms with Crippen molar-refractivity contribution in [1.82, 2.24) is 9.97 Å². The van der Waals surface area contributed by atoms with Crippen molar-refractivity contribution in [3.05, 3.63) is 60.2 Å². The maximum Gasteiger partial charge on any atom is 0.127 e. The lowest BCUT2D eigenvalue weighted by molar-refractivity contribution is 0.0144. The Morgan fingerprint density at radius 2 is 1.69 bits per heavy atom. The first-order valence-electron chi connectivity index (χ1n) is 4.96. The molecule has 2 N–H and O–H groups in total. The van der Waals surface area contributed by atoms with Gasteiger partial charge in [-0.25, -0.2) is 0 Å². The van der Waals surface area contributed by atoms with Gasteiger partial charge in [-0.1, -0.05) is 30.3 Å². The first-order chi connectivity index (χ1) is 7.79. The third-order valence-corrected chi connectivity index (χ3v) is 2.33. The molecule has 0 aliphatic heterocycles. The molecule has 82 valence electrons. The summed E-state index contributed by atoms with van der Waals surface area (Å²) >= 11 is 0. The van der Waals surface area contributed by atoms with Crippen molar-refractivity contribution in [2.24, 2.45) is 0 Å². The molecular formula is C12H12N2O2. The first kappa shape index (κ1) is 10.7. The zero-order chi connectivity index (χ0) is 11.4. The number of aromatic nitrogens is 2. The number of aliphatic hydroxyl groups excluding tert-OH is 2. The highest BCUT2D eigenvalue weighted by atomic mass is 16.3. The Balaban J connectivity index is 2.20. The van der Waals surface area contributed by atoms with Crippen LogP contribution in [-0.4, -0.2) is 20.2 Å². The van der Waals surface area contributed by atoms with E-state index in [1.165, 1.54) is 18.6 Å². The number of hydrogen-bond donors (Lipinski definition) is 2. The minimum absolute atomic E-state index is 0.360. The third-order valence-electron chi connectivity index (χ3n) is 2.33. The van der Waals surface area contributed by atoms with E-state index in [0.29, 0.717) is 11.3 Å². The molecule has 0 radical (unpaired) electrons. The van der Waals surface area contributed by atoms with E-state index in [1.54, 1.807) is 12.1 Å². The van der Waals surface area contributed by atoms with Gasteiger partial charge < -0.3 is 10.2 Å². The summed E-state index contributed by atoms with van der Waals surface area (Å²) in [6, 6.07) is 8.98. The average Bonchev–Trinajstić information content (AvgIpc) is 2.39. The van der Waals surface area contributed by atoms with Crippen LogP contribution in [0.2, 0.25) is 0 Å². The van der Waals surface area contributed by atoms with E-state index in [-0.39, 0.29) is 0 Å². The van der Waals surface area contributed by atoms with Crippen LogP contribution in [0.5, 0.6) is 0 Å². The van der Waals surface area contributed by atoms with Crippen LogP contribution in [0.15, 0.2) is 48.9 Å². The van der Waals surface area contributed by atoms with Crippen molar-refractivity contribution in [3.63, 3.8) is 0 Å². The molecule has 0 amide bonds. The van der Waals surface area contributed by atoms with E-state index in [4.69, 9.17) is 0 Å². The van der Waals surface area contributed by atoms with Crippen molar-refractivity contribution >= 4 is 0 Å². The Kier molecular flexibility index (Phi) is 3.24. The predicted octanol–water partition coefficient (Wildman–Crippen LogP) is 1.24. The van der Waals surface area contributed by atoms with Crippen LogP contribution in [0.25, 0.3) is 0 Å². The molecule has 0 aliphatic rings. The molecule has 2 aromatic rings. The molecule has 1 aromatic carbocycles. The Morgan fingerprint density at radius 3 is 2.31 bits per heavy atom. The lowest BCUT2D eigenvalue weighted by Gasteiger charge is -2.17. The molecular weight excluding hydrogens is 204 g/mol. The molecule has 1 heterocycles. The Labute approximate surface area is 93.2 Å². The van der Waals surface area contributed by atoms with Gasteiger partial charge in [0, 0.05) is 12.4 Å². The molecule has 2 unspecified atom stereocenters. The molecule has 4 nitrogen and oxygen atoms in total. The van der Waals surface area contributed by atoms with Gasteiger partial charge in [0.1, 0.15) is 12.2 Å². The molecule has 0 saturated heterocycles. The number of hydrogen-bond acceptors (Lipinski definition) is 4. The normalized spacial score (nSPS) is 14.4. The zero-order valence-corrected chi connectivity index (χ0v) is 8.56. The SMILES string of the molecule is OC(c1ccccc1)C(O)c1cnccn1. The summed E-state index contributed by atoms with van der Waals surface area (Å²) in [5.41, 5.74) is 1.01. The molecule has 0 fully saturated rings. The molecule has 0 spiro atoms. The van der Waals surface area contributed by atoms with Gasteiger partial charge in [-0.3, -0.25) is 9.97 Å². The van der Waals surface area contributed by atoms with Gasteiger partial charge >= 0.3 is 0 Å². The average molecular weight is 216 g/mol. The molecule has 1 aromatic heterocycles. The predicted molar refractivity (Wildman–Crippen MR) is 58.4 cm³/mol. The summed E-state index contributed by atoms with van der Waals surface area (Å²) in [5, 5.41) is 19.8. The first-order valence-corrected chi connectivity index (χ1v) is 4.96. The van der Waals surface area contributed by atoms with Gasteiger partial charge in [0.15, 0.2) is 0 Å². The van der Waals surface area contributed by atoms with Crippen LogP contribution >= 0.6 is 0 Å². The van der Waals surface area contributed by atoms with E-state index in [2.05, 4.69) is 9.97 Å². The highest BCUT2D eigenvalue weighted by molar-refractivity contribution is 5.20. The Bertz CT molecular complexity index is 390. The Morgan fingerprint density at radius 1 is 0.938 bits per heavy atom. The smallest absolute Gasteiger partial charge is 0.127 e. The van der Waals surface area contributed by atoms with Crippen molar-refractivity contribution in [3.8, 4) is 0 Å². The van der Waals surface area contributed by atoms with Gasteiger partial charge in [0.25, 0.3) is 0 Å². The quantitative estimate of drug-likeness (QED) is 0.810. The van der Waals surface area contributed by atoms with Crippen LogP contribution in [0.3, 0.4) is 0 Å². The van der Waals surface area contributed by atoms with Crippen molar-refractivity contribution in [1.29, 1.82) is 0 Å². The lowest BCUT2D eigenvalue weighted by Crippen LogP contribution is -2.11. The largest absolute Gasteiger partial charge is 0.385 e. The summed E-state index contributed by atoms with van der Waals surface area (Å²) < 4.78 is 0. The van der Waals surface area contributed by atoms with Gasteiger partial charge in [-0.05, 0) is 5.56 Å². The van der Waals surface area contributed by atoms with Crippen molar-refractivity contribution in [2.75, 3.05) is 0 Å². The van der Waals surface area contributed by atoms with E-state index >= 15 is 0 Å². The van der Waals surface area contributed by atoms with Crippen LogP contribution in [-0.2, 0) is 0 Å². The van der Waals surface area contributed by atoms with Gasteiger partial charge in [0.05, 0.1) is 11.9 Å². The number of benzene rings is 1. The van der Waals surface area contributed by atoms with Gasteiger partial charge in [-0.15, -0.1) is 0 Å². The molecule has 0 bridgehead atoms. The molecule has 0 aliphatic carbocycles. The van der Waals surface area contributed by atoms with E-state index < -0.39 is 12.2 Å². The fourth-order valence-electron chi connectivity index (χ4n) is 1.46. The van der Waals surface area contributed by atoms with Crippen LogP contribution in [0, 0.1) is 0 Å². The fraction of sp³-hybridized carbons (Fsp3) is 0.167. The number of aliphatic hydroxyl groups is 2. The molecule has 0 saturated carbocycles. The highest BCUT2D eigenvalue weighted by Gasteiger charge is 2.20. The van der Waals surface area contributed by atoms with Crippen LogP contribution < -0.4 is 0 Å². The fourth-order valence-corrected chi connectivity index (χ4v) is 1.46. The van der Waals surface area contributed by atoms with Gasteiger partial charge in [-0.2, -0.15) is 0 Å². The van der Waals surface area contributed by atoms with E-state index in [9.17, 15) is 10.2 Å². The minimum atomic E-state index is -1.06. The standard InChI is InChI=1S/C12H12N2O2/c15-11(9-4-2-1-3-5-9)12(16)10-8-13-6-7-14-10/h1-8,11-12,15-16H. The summed E-state index contributed by atoms with van der Waals surface area (Å²) in [7, 11) is 0. The monoisotopic (exact) mass is 216 g/mol. The van der Waals surface area contributed by atoms with Crippen LogP contribution in [0.4, 0.5) is 0 Å². The minimum Gasteiger partial charge on any atom is -0.385 e. The highest BCUT2D eigenvalue weighted by Crippen LogP contribution is 2.26. The molecule has 2 rings (SSSR count). The zero-order valence-electron chi connectivity index (χ0n) is 8.56. The number of nitrogens with zero attached hydrogens (tertiary/aromatic N) is 2. The van der Waals surface area contributed by atoms with Gasteiger partial charge in [0.2, 0.25) is 0 Å². The summed E-state index contributed by atoms with van der Waals surface area (Å²) in [6.07, 6.45) is 2.40. The molecule has 2 atom stereocenters. The summed E-state index contributed by atoms with van der Waals surface area (Å²) in [5.74, 6) is 0. The van der Waals surface area contributed by atoms with E-state index in [1.807, 2.05) is 18.2 Å². The second-order valence-corrected chi connectivity index (χ2v) is 3.43. The maximum atomic E-state index is 9.92. The molecule has 16 heavy (non-hydrogen) atoms. The van der Waals surface area contributed by atoms with E-state index in [0.717, 1.165) is 0 Å². The molecule has 4 heteroatoms. The number of rotatable bonds is 3. The summed E-state index contributed by atoms with van der Waals surface area (Å²) in [6.45, 7) is 0. The topological polar surface area (TPSA) is 66.2 Å². The van der Waals surface area contributed by atoms with Crippen LogP contribution in [0.1, 0.15) is 23.5 Å². The Hall–Kier alpha value is -1.78. The van der Waals surface area contributed by atoms with Crippen molar-refractivity contribution < 1.29 is 10.2 Å². The maximum absolute atomic E-state index is 9.92. The van der Waals surface area contributed by atoms with Crippen molar-refractivity contribution in [2.45, 2.75) is 12.2 Å². The second-order valence-electron chi connectivity index (χ2n) is 3.43. The lowest BCUT2D eigenvalue weighted by atomic mass is 10.0. The third kappa shape index (κ3) is 2.24.